The van der Waals surface area contributed by atoms with E-state index in [0.717, 1.165) is 0 Å². The van der Waals surface area contributed by atoms with E-state index in [2.05, 4.69) is 29.1 Å². The molecule has 0 amide bonds. The molecule has 0 aromatic heterocycles. The first kappa shape index (κ1) is 16.4. The number of ether oxygens (including phenoxy) is 1. The van der Waals surface area contributed by atoms with Gasteiger partial charge in [-0.3, -0.25) is 4.79 Å². The lowest BCUT2D eigenvalue weighted by Crippen LogP contribution is -2.39. The van der Waals surface area contributed by atoms with Crippen LogP contribution in [0.5, 0.6) is 0 Å². The van der Waals surface area contributed by atoms with Crippen molar-refractivity contribution >= 4 is 23.3 Å². The minimum atomic E-state index is -0.191. The molecule has 0 bridgehead atoms. The lowest BCUT2D eigenvalue weighted by Gasteiger charge is -2.28. The van der Waals surface area contributed by atoms with Crippen LogP contribution in [-0.2, 0) is 9.53 Å². The highest BCUT2D eigenvalue weighted by atomic mass is 32.1. The molecule has 0 aliphatic heterocycles. The van der Waals surface area contributed by atoms with Gasteiger partial charge in [0.15, 0.2) is 5.11 Å². The lowest BCUT2D eigenvalue weighted by molar-refractivity contribution is -0.140. The van der Waals surface area contributed by atoms with Gasteiger partial charge in [0.1, 0.15) is 0 Å². The Hall–Kier alpha value is -1.62. The maximum atomic E-state index is 11.0. The Morgan fingerprint density at radius 1 is 1.40 bits per heavy atom. The zero-order chi connectivity index (χ0) is 15.0. The van der Waals surface area contributed by atoms with Crippen molar-refractivity contribution < 1.29 is 9.53 Å². The molecule has 1 rings (SSSR count). The summed E-state index contributed by atoms with van der Waals surface area (Å²) in [5.41, 5.74) is 1.22. The van der Waals surface area contributed by atoms with E-state index < -0.39 is 0 Å². The molecule has 1 aromatic carbocycles. The average molecular weight is 294 g/mol. The molecule has 1 atom stereocenters. The molecular weight excluding hydrogens is 272 g/mol. The fraction of sp³-hybridized carbons (Fsp3) is 0.467. The van der Waals surface area contributed by atoms with E-state index in [1.54, 1.807) is 0 Å². The minimum absolute atomic E-state index is 0.191. The lowest BCUT2D eigenvalue weighted by atomic mass is 10.1. The van der Waals surface area contributed by atoms with Gasteiger partial charge in [-0.25, -0.2) is 0 Å². The average Bonchev–Trinajstić information content (AvgIpc) is 2.50. The van der Waals surface area contributed by atoms with Crippen molar-refractivity contribution in [2.45, 2.75) is 25.8 Å². The predicted molar refractivity (Wildman–Crippen MR) is 84.5 cm³/mol. The van der Waals surface area contributed by atoms with Crippen molar-refractivity contribution in [2.75, 3.05) is 20.7 Å². The first-order valence-corrected chi connectivity index (χ1v) is 7.09. The number of rotatable bonds is 6. The molecule has 20 heavy (non-hydrogen) atoms. The summed E-state index contributed by atoms with van der Waals surface area (Å²) in [5.74, 6) is -0.191. The van der Waals surface area contributed by atoms with Gasteiger partial charge in [0.2, 0.25) is 0 Å². The van der Waals surface area contributed by atoms with Gasteiger partial charge in [-0.1, -0.05) is 30.3 Å². The van der Waals surface area contributed by atoms with Crippen molar-refractivity contribution in [1.82, 2.24) is 10.2 Å². The third-order valence-corrected chi connectivity index (χ3v) is 3.68. The second-order valence-corrected chi connectivity index (χ2v) is 5.00. The summed E-state index contributed by atoms with van der Waals surface area (Å²) in [4.78, 5) is 13.0. The van der Waals surface area contributed by atoms with Crippen molar-refractivity contribution in [2.24, 2.45) is 0 Å². The molecule has 0 radical (unpaired) electrons. The fourth-order valence-corrected chi connectivity index (χ4v) is 2.05. The zero-order valence-electron chi connectivity index (χ0n) is 12.3. The number of nitrogens with one attached hydrogen (secondary N) is 1. The number of hydrogen-bond acceptors (Lipinski definition) is 3. The predicted octanol–water partition coefficient (Wildman–Crippen LogP) is 2.51. The Labute approximate surface area is 126 Å². The first-order valence-electron chi connectivity index (χ1n) is 6.68. The fourth-order valence-electron chi connectivity index (χ4n) is 1.79. The van der Waals surface area contributed by atoms with Crippen LogP contribution in [0.3, 0.4) is 0 Å². The molecule has 110 valence electrons. The van der Waals surface area contributed by atoms with Crippen LogP contribution in [0.2, 0.25) is 0 Å². The monoisotopic (exact) mass is 294 g/mol. The van der Waals surface area contributed by atoms with E-state index in [0.29, 0.717) is 24.5 Å². The zero-order valence-corrected chi connectivity index (χ0v) is 13.1. The maximum Gasteiger partial charge on any atom is 0.305 e. The Morgan fingerprint density at radius 3 is 2.65 bits per heavy atom. The van der Waals surface area contributed by atoms with E-state index in [1.165, 1.54) is 12.7 Å². The van der Waals surface area contributed by atoms with E-state index >= 15 is 0 Å². The molecule has 0 spiro atoms. The van der Waals surface area contributed by atoms with Crippen LogP contribution in [0.15, 0.2) is 30.3 Å². The number of thiocarbonyl (C=S) groups is 1. The topological polar surface area (TPSA) is 41.6 Å². The molecule has 0 fully saturated rings. The normalized spacial score (nSPS) is 11.6. The third-order valence-electron chi connectivity index (χ3n) is 3.24. The van der Waals surface area contributed by atoms with Gasteiger partial charge in [0.05, 0.1) is 13.2 Å². The van der Waals surface area contributed by atoms with E-state index in [1.807, 2.05) is 30.1 Å². The molecule has 0 aliphatic carbocycles. The quantitative estimate of drug-likeness (QED) is 0.496. The number of nitrogens with zero attached hydrogens (tertiary/aromatic N) is 1. The number of benzene rings is 1. The highest BCUT2D eigenvalue weighted by molar-refractivity contribution is 7.80. The van der Waals surface area contributed by atoms with E-state index in [4.69, 9.17) is 12.2 Å². The molecular formula is C15H22N2O2S. The van der Waals surface area contributed by atoms with Gasteiger partial charge in [0.25, 0.3) is 0 Å². The number of carbonyl (C=O) groups excluding carboxylic acids is 1. The summed E-state index contributed by atoms with van der Waals surface area (Å²) in [5, 5.41) is 3.85. The summed E-state index contributed by atoms with van der Waals surface area (Å²) in [7, 11) is 3.36. The summed E-state index contributed by atoms with van der Waals surface area (Å²) < 4.78 is 4.59. The molecule has 0 saturated carbocycles. The third kappa shape index (κ3) is 5.17. The van der Waals surface area contributed by atoms with Crippen molar-refractivity contribution in [3.8, 4) is 0 Å². The van der Waals surface area contributed by atoms with Crippen molar-refractivity contribution in [1.29, 1.82) is 0 Å². The van der Waals surface area contributed by atoms with Gasteiger partial charge in [0, 0.05) is 20.0 Å². The van der Waals surface area contributed by atoms with Crippen LogP contribution in [0, 0.1) is 0 Å². The number of carbonyl (C=O) groups is 1. The Morgan fingerprint density at radius 2 is 2.05 bits per heavy atom. The van der Waals surface area contributed by atoms with E-state index in [-0.39, 0.29) is 12.0 Å². The second kappa shape index (κ2) is 8.53. The SMILES string of the molecule is COC(=O)CCCNC(=S)N(C)[C@H](C)c1ccccc1. The molecule has 5 heteroatoms. The summed E-state index contributed by atoms with van der Waals surface area (Å²) in [6, 6.07) is 10.4. The Bertz CT molecular complexity index is 437. The van der Waals surface area contributed by atoms with Crippen LogP contribution in [-0.4, -0.2) is 36.7 Å². The van der Waals surface area contributed by atoms with Crippen LogP contribution in [0.1, 0.15) is 31.4 Å². The van der Waals surface area contributed by atoms with Gasteiger partial charge >= 0.3 is 5.97 Å². The molecule has 1 N–H and O–H groups in total. The summed E-state index contributed by atoms with van der Waals surface area (Å²) >= 11 is 5.36. The minimum Gasteiger partial charge on any atom is -0.469 e. The van der Waals surface area contributed by atoms with Crippen LogP contribution < -0.4 is 5.32 Å². The standard InChI is InChI=1S/C15H22N2O2S/c1-12(13-8-5-4-6-9-13)17(2)15(20)16-11-7-10-14(18)19-3/h4-6,8-9,12H,7,10-11H2,1-3H3,(H,16,20)/t12-/m1/s1. The molecule has 0 heterocycles. The second-order valence-electron chi connectivity index (χ2n) is 4.61. The maximum absolute atomic E-state index is 11.0. The highest BCUT2D eigenvalue weighted by Gasteiger charge is 2.13. The van der Waals surface area contributed by atoms with Gasteiger partial charge in [-0.05, 0) is 31.1 Å². The largest absolute Gasteiger partial charge is 0.469 e. The van der Waals surface area contributed by atoms with Crippen LogP contribution in [0.25, 0.3) is 0 Å². The molecule has 0 unspecified atom stereocenters. The van der Waals surface area contributed by atoms with Crippen molar-refractivity contribution in [3.05, 3.63) is 35.9 Å². The first-order chi connectivity index (χ1) is 9.56. The van der Waals surface area contributed by atoms with Crippen LogP contribution >= 0.6 is 12.2 Å². The Balaban J connectivity index is 2.37. The smallest absolute Gasteiger partial charge is 0.305 e. The van der Waals surface area contributed by atoms with Gasteiger partial charge in [-0.15, -0.1) is 0 Å². The van der Waals surface area contributed by atoms with Crippen LogP contribution in [0.4, 0.5) is 0 Å². The molecule has 0 saturated heterocycles. The highest BCUT2D eigenvalue weighted by Crippen LogP contribution is 2.17. The van der Waals surface area contributed by atoms with Gasteiger partial charge in [-0.2, -0.15) is 0 Å². The van der Waals surface area contributed by atoms with Gasteiger partial charge < -0.3 is 15.0 Å². The number of esters is 1. The molecule has 1 aromatic rings. The van der Waals surface area contributed by atoms with E-state index in [9.17, 15) is 4.79 Å². The summed E-state index contributed by atoms with van der Waals surface area (Å²) in [6.45, 7) is 2.78. The number of hydrogen-bond donors (Lipinski definition) is 1. The Kier molecular flexibility index (Phi) is 7.01. The summed E-state index contributed by atoms with van der Waals surface area (Å²) in [6.07, 6.45) is 1.12. The number of methoxy groups -OCH3 is 1. The van der Waals surface area contributed by atoms with Crippen molar-refractivity contribution in [3.63, 3.8) is 0 Å². The molecule has 4 nitrogen and oxygen atoms in total. The molecule has 0 aliphatic rings.